The predicted molar refractivity (Wildman–Crippen MR) is 101 cm³/mol. The smallest absolute Gasteiger partial charge is 0.195 e. The summed E-state index contributed by atoms with van der Waals surface area (Å²) in [7, 11) is 1.60. The molecule has 1 atom stereocenters. The third-order valence-corrected chi connectivity index (χ3v) is 4.45. The number of nitrogens with two attached hydrogens (primary N) is 2. The van der Waals surface area contributed by atoms with E-state index in [0.29, 0.717) is 16.5 Å². The zero-order chi connectivity index (χ0) is 17.3. The van der Waals surface area contributed by atoms with Crippen molar-refractivity contribution in [1.82, 2.24) is 5.32 Å². The van der Waals surface area contributed by atoms with E-state index in [1.165, 1.54) is 0 Å². The van der Waals surface area contributed by atoms with Gasteiger partial charge in [-0.1, -0.05) is 39.7 Å². The van der Waals surface area contributed by atoms with Crippen molar-refractivity contribution in [2.24, 2.45) is 16.5 Å². The largest absolute Gasteiger partial charge is 0.496 e. The molecular weight excluding hydrogens is 392 g/mol. The molecule has 1 unspecified atom stereocenters. The number of halogens is 2. The maximum absolute atomic E-state index is 6.51. The summed E-state index contributed by atoms with van der Waals surface area (Å²) in [5.41, 5.74) is 13.7. The van der Waals surface area contributed by atoms with Crippen molar-refractivity contribution in [3.63, 3.8) is 0 Å². The first kappa shape index (κ1) is 16.8. The fourth-order valence-electron chi connectivity index (χ4n) is 2.55. The fourth-order valence-corrected chi connectivity index (χ4v) is 2.99. The molecule has 2 aromatic rings. The molecule has 0 fully saturated rings. The van der Waals surface area contributed by atoms with E-state index in [4.69, 9.17) is 27.8 Å². The number of ether oxygens (including phenoxy) is 1. The summed E-state index contributed by atoms with van der Waals surface area (Å²) in [6, 6.07) is 13.0. The third-order valence-electron chi connectivity index (χ3n) is 3.69. The molecule has 5 nitrogen and oxygen atoms in total. The standard InChI is InChI=1S/C17H16BrClN4O/c1-24-15-7-6-12(19)8-13(15)14-9-17(21,23-16(20)22-14)10-2-4-11(18)5-3-10/h2-9H,21H2,1H3,(H3,20,22,23). The molecule has 3 rings (SSSR count). The molecule has 0 bridgehead atoms. The van der Waals surface area contributed by atoms with Gasteiger partial charge < -0.3 is 15.8 Å². The van der Waals surface area contributed by atoms with Gasteiger partial charge in [-0.25, -0.2) is 4.99 Å². The SMILES string of the molecule is COc1ccc(Cl)cc1C1=CC(N)(c2ccc(Br)cc2)N=C(N)N1. The lowest BCUT2D eigenvalue weighted by Crippen LogP contribution is -2.44. The van der Waals surface area contributed by atoms with Gasteiger partial charge in [0.1, 0.15) is 5.75 Å². The first-order valence-corrected chi connectivity index (χ1v) is 8.32. The van der Waals surface area contributed by atoms with Crippen LogP contribution in [0.25, 0.3) is 5.70 Å². The second-order valence-electron chi connectivity index (χ2n) is 5.36. The Labute approximate surface area is 153 Å². The number of methoxy groups -OCH3 is 1. The van der Waals surface area contributed by atoms with Crippen LogP contribution in [0.4, 0.5) is 0 Å². The fraction of sp³-hybridized carbons (Fsp3) is 0.118. The molecule has 5 N–H and O–H groups in total. The number of benzene rings is 2. The minimum atomic E-state index is -1.08. The molecule has 0 saturated carbocycles. The third kappa shape index (κ3) is 3.26. The van der Waals surface area contributed by atoms with Gasteiger partial charge in [0.05, 0.1) is 12.8 Å². The van der Waals surface area contributed by atoms with Gasteiger partial charge in [0, 0.05) is 15.1 Å². The van der Waals surface area contributed by atoms with Crippen molar-refractivity contribution in [1.29, 1.82) is 0 Å². The van der Waals surface area contributed by atoms with Crippen LogP contribution in [0.3, 0.4) is 0 Å². The Balaban J connectivity index is 2.11. The Morgan fingerprint density at radius 1 is 1.21 bits per heavy atom. The molecule has 124 valence electrons. The summed E-state index contributed by atoms with van der Waals surface area (Å²) in [6.45, 7) is 0. The Bertz CT molecular complexity index is 835. The molecule has 0 amide bonds. The average Bonchev–Trinajstić information content (AvgIpc) is 2.54. The summed E-state index contributed by atoms with van der Waals surface area (Å²) in [6.07, 6.45) is 1.81. The summed E-state index contributed by atoms with van der Waals surface area (Å²) in [5.74, 6) is 0.881. The van der Waals surface area contributed by atoms with E-state index in [-0.39, 0.29) is 5.96 Å². The average molecular weight is 408 g/mol. The first-order chi connectivity index (χ1) is 11.4. The molecule has 0 aliphatic carbocycles. The van der Waals surface area contributed by atoms with E-state index in [1.54, 1.807) is 31.4 Å². The van der Waals surface area contributed by atoms with Gasteiger partial charge in [0.15, 0.2) is 11.6 Å². The Hall–Kier alpha value is -2.02. The summed E-state index contributed by atoms with van der Waals surface area (Å²) >= 11 is 9.54. The van der Waals surface area contributed by atoms with Crippen molar-refractivity contribution in [3.8, 4) is 5.75 Å². The van der Waals surface area contributed by atoms with E-state index in [0.717, 1.165) is 15.6 Å². The summed E-state index contributed by atoms with van der Waals surface area (Å²) in [5, 5.41) is 3.62. The second-order valence-corrected chi connectivity index (χ2v) is 6.71. The van der Waals surface area contributed by atoms with Crippen LogP contribution < -0.4 is 21.5 Å². The molecule has 1 aliphatic rings. The van der Waals surface area contributed by atoms with Crippen molar-refractivity contribution in [3.05, 3.63) is 69.2 Å². The van der Waals surface area contributed by atoms with Gasteiger partial charge in [-0.2, -0.15) is 0 Å². The maximum atomic E-state index is 6.51. The van der Waals surface area contributed by atoms with Crippen LogP contribution in [0.1, 0.15) is 11.1 Å². The van der Waals surface area contributed by atoms with Gasteiger partial charge in [0.2, 0.25) is 0 Å². The van der Waals surface area contributed by atoms with Gasteiger partial charge in [-0.15, -0.1) is 0 Å². The number of rotatable bonds is 3. The van der Waals surface area contributed by atoms with Crippen LogP contribution in [0.5, 0.6) is 5.75 Å². The zero-order valence-corrected chi connectivity index (χ0v) is 15.2. The predicted octanol–water partition coefficient (Wildman–Crippen LogP) is 3.18. The van der Waals surface area contributed by atoms with E-state index < -0.39 is 5.66 Å². The van der Waals surface area contributed by atoms with Gasteiger partial charge in [-0.05, 0) is 42.0 Å². The molecule has 0 spiro atoms. The van der Waals surface area contributed by atoms with Gasteiger partial charge in [0.25, 0.3) is 0 Å². The summed E-state index contributed by atoms with van der Waals surface area (Å²) < 4.78 is 6.37. The molecule has 1 heterocycles. The normalized spacial score (nSPS) is 20.0. The van der Waals surface area contributed by atoms with Crippen LogP contribution in [0.15, 0.2) is 58.0 Å². The molecule has 0 aromatic heterocycles. The van der Waals surface area contributed by atoms with Crippen LogP contribution in [-0.4, -0.2) is 13.1 Å². The molecule has 7 heteroatoms. The van der Waals surface area contributed by atoms with Crippen molar-refractivity contribution in [2.45, 2.75) is 5.66 Å². The molecule has 2 aromatic carbocycles. The molecule has 24 heavy (non-hydrogen) atoms. The lowest BCUT2D eigenvalue weighted by Gasteiger charge is -2.29. The Morgan fingerprint density at radius 3 is 2.58 bits per heavy atom. The van der Waals surface area contributed by atoms with E-state index in [2.05, 4.69) is 26.2 Å². The van der Waals surface area contributed by atoms with E-state index in [1.807, 2.05) is 24.3 Å². The highest BCUT2D eigenvalue weighted by Gasteiger charge is 2.30. The number of guanidine groups is 1. The molecular formula is C17H16BrClN4O. The molecule has 1 aliphatic heterocycles. The van der Waals surface area contributed by atoms with Crippen LogP contribution in [0.2, 0.25) is 5.02 Å². The zero-order valence-electron chi connectivity index (χ0n) is 12.9. The monoisotopic (exact) mass is 406 g/mol. The van der Waals surface area contributed by atoms with Crippen LogP contribution >= 0.6 is 27.5 Å². The molecule has 0 radical (unpaired) electrons. The van der Waals surface area contributed by atoms with Crippen molar-refractivity contribution >= 4 is 39.2 Å². The minimum Gasteiger partial charge on any atom is -0.496 e. The quantitative estimate of drug-likeness (QED) is 0.729. The number of nitrogens with one attached hydrogen (secondary N) is 1. The number of nitrogens with zero attached hydrogens (tertiary/aromatic N) is 1. The van der Waals surface area contributed by atoms with Crippen molar-refractivity contribution < 1.29 is 4.74 Å². The Morgan fingerprint density at radius 2 is 1.92 bits per heavy atom. The van der Waals surface area contributed by atoms with Crippen LogP contribution in [-0.2, 0) is 5.66 Å². The maximum Gasteiger partial charge on any atom is 0.195 e. The van der Waals surface area contributed by atoms with Crippen LogP contribution in [0, 0.1) is 0 Å². The number of hydrogen-bond donors (Lipinski definition) is 3. The minimum absolute atomic E-state index is 0.222. The van der Waals surface area contributed by atoms with E-state index in [9.17, 15) is 0 Å². The Kier molecular flexibility index (Phi) is 4.54. The first-order valence-electron chi connectivity index (χ1n) is 7.15. The lowest BCUT2D eigenvalue weighted by atomic mass is 9.96. The molecule has 0 saturated heterocycles. The van der Waals surface area contributed by atoms with Gasteiger partial charge in [-0.3, -0.25) is 5.73 Å². The highest BCUT2D eigenvalue weighted by molar-refractivity contribution is 9.10. The highest BCUT2D eigenvalue weighted by Crippen LogP contribution is 2.33. The van der Waals surface area contributed by atoms with E-state index >= 15 is 0 Å². The van der Waals surface area contributed by atoms with Crippen molar-refractivity contribution in [2.75, 3.05) is 7.11 Å². The lowest BCUT2D eigenvalue weighted by molar-refractivity contribution is 0.413. The number of aliphatic imine (C=N–C) groups is 1. The topological polar surface area (TPSA) is 85.7 Å². The van der Waals surface area contributed by atoms with Gasteiger partial charge >= 0.3 is 0 Å². The second kappa shape index (κ2) is 6.47. The number of hydrogen-bond acceptors (Lipinski definition) is 5. The summed E-state index contributed by atoms with van der Waals surface area (Å²) in [4.78, 5) is 4.36. The highest BCUT2D eigenvalue weighted by atomic mass is 79.9.